The number of aliphatic hydroxyl groups excluding tert-OH is 1. The molecule has 6 nitrogen and oxygen atoms in total. The molecule has 0 aliphatic heterocycles. The third-order valence-electron chi connectivity index (χ3n) is 8.50. The summed E-state index contributed by atoms with van der Waals surface area (Å²) in [5.74, 6) is -1.46. The highest BCUT2D eigenvalue weighted by Gasteiger charge is 2.49. The molecule has 248 valence electrons. The molecule has 0 aromatic heterocycles. The van der Waals surface area contributed by atoms with E-state index in [1.165, 1.54) is 116 Å². The summed E-state index contributed by atoms with van der Waals surface area (Å²) >= 11 is 0. The van der Waals surface area contributed by atoms with Crippen molar-refractivity contribution in [1.82, 2.24) is 0 Å². The minimum absolute atomic E-state index is 0.167. The minimum atomic E-state index is -2.30. The summed E-state index contributed by atoms with van der Waals surface area (Å²) in [6.07, 6.45) is 31.3. The predicted octanol–water partition coefficient (Wildman–Crippen LogP) is 10.2. The van der Waals surface area contributed by atoms with Crippen LogP contribution in [0.15, 0.2) is 0 Å². The van der Waals surface area contributed by atoms with Crippen LogP contribution in [-0.2, 0) is 14.4 Å². The third-order valence-corrected chi connectivity index (χ3v) is 11.1. The van der Waals surface area contributed by atoms with Crippen LogP contribution in [0.2, 0.25) is 0 Å². The summed E-state index contributed by atoms with van der Waals surface area (Å²) in [5, 5.41) is 17.3. The maximum atomic E-state index is 13.1. The first-order chi connectivity index (χ1) is 20.3. The van der Waals surface area contributed by atoms with Crippen molar-refractivity contribution in [3.8, 4) is 0 Å². The average molecular weight is 614 g/mol. The Bertz CT molecular complexity index is 632. The largest absolute Gasteiger partial charge is 0.480 e. The summed E-state index contributed by atoms with van der Waals surface area (Å²) in [7, 11) is -2.30. The molecule has 42 heavy (non-hydrogen) atoms. The number of carboxylic acids is 1. The summed E-state index contributed by atoms with van der Waals surface area (Å²) in [5.41, 5.74) is 5.27. The molecule has 0 aromatic rings. The molecule has 4 N–H and O–H groups in total. The van der Waals surface area contributed by atoms with Crippen molar-refractivity contribution >= 4 is 24.9 Å². The van der Waals surface area contributed by atoms with Gasteiger partial charge in [-0.2, -0.15) is 0 Å². The van der Waals surface area contributed by atoms with Crippen molar-refractivity contribution in [3.05, 3.63) is 0 Å². The zero-order valence-corrected chi connectivity index (χ0v) is 28.5. The third kappa shape index (κ3) is 21.0. The zero-order chi connectivity index (χ0) is 31.3. The van der Waals surface area contributed by atoms with Crippen LogP contribution in [0, 0.1) is 0 Å². The summed E-state index contributed by atoms with van der Waals surface area (Å²) < 4.78 is 0. The Balaban J connectivity index is 4.24. The average Bonchev–Trinajstić information content (AvgIpc) is 2.97. The fourth-order valence-corrected chi connectivity index (χ4v) is 7.89. The molecule has 0 aliphatic carbocycles. The Morgan fingerprint density at radius 2 is 0.738 bits per heavy atom. The normalized spacial score (nSPS) is 13.0. The molecule has 0 radical (unpaired) electrons. The first kappa shape index (κ1) is 41.2. The molecular formula is C35H68NO5P. The van der Waals surface area contributed by atoms with Gasteiger partial charge in [-0.1, -0.05) is 168 Å². The second kappa shape index (κ2) is 28.9. The Labute approximate surface area is 260 Å². The fraction of sp³-hybridized carbons (Fsp3) is 0.914. The van der Waals surface area contributed by atoms with E-state index in [0.29, 0.717) is 12.8 Å². The fourth-order valence-electron chi connectivity index (χ4n) is 5.63. The van der Waals surface area contributed by atoms with Crippen LogP contribution in [0.1, 0.15) is 194 Å². The van der Waals surface area contributed by atoms with Gasteiger partial charge in [0, 0.05) is 12.8 Å². The second-order valence-electron chi connectivity index (χ2n) is 12.5. The Kier molecular flexibility index (Phi) is 28.3. The van der Waals surface area contributed by atoms with Gasteiger partial charge in [-0.15, -0.1) is 0 Å². The van der Waals surface area contributed by atoms with Crippen LogP contribution in [0.5, 0.6) is 0 Å². The van der Waals surface area contributed by atoms with Crippen molar-refractivity contribution in [3.63, 3.8) is 0 Å². The number of carbonyl (C=O) groups excluding carboxylic acids is 2. The number of carbonyl (C=O) groups is 3. The van der Waals surface area contributed by atoms with E-state index in [1.807, 2.05) is 0 Å². The van der Waals surface area contributed by atoms with E-state index in [-0.39, 0.29) is 23.9 Å². The molecule has 0 saturated heterocycles. The molecular weight excluding hydrogens is 545 g/mol. The number of aliphatic carboxylic acids is 1. The van der Waals surface area contributed by atoms with Gasteiger partial charge in [0.2, 0.25) is 0 Å². The summed E-state index contributed by atoms with van der Waals surface area (Å²) in [4.78, 5) is 38.1. The SMILES string of the molecule is CCCCCCCCCCCCCCCC(=O)P(C(=O)CCCCCCCCCCCCCCC)C(N)(CO)C(=O)O. The van der Waals surface area contributed by atoms with Crippen LogP contribution >= 0.6 is 7.92 Å². The number of hydrogen-bond acceptors (Lipinski definition) is 5. The summed E-state index contributed by atoms with van der Waals surface area (Å²) in [6.45, 7) is 3.59. The maximum absolute atomic E-state index is 13.1. The molecule has 0 fully saturated rings. The number of nitrogens with two attached hydrogens (primary N) is 1. The first-order valence-corrected chi connectivity index (χ1v) is 19.2. The van der Waals surface area contributed by atoms with E-state index in [9.17, 15) is 24.6 Å². The van der Waals surface area contributed by atoms with Gasteiger partial charge in [-0.3, -0.25) is 9.59 Å². The number of unbranched alkanes of at least 4 members (excludes halogenated alkanes) is 24. The molecule has 0 aliphatic rings. The maximum Gasteiger partial charge on any atom is 0.331 e. The first-order valence-electron chi connectivity index (χ1n) is 17.8. The molecule has 0 rings (SSSR count). The lowest BCUT2D eigenvalue weighted by Crippen LogP contribution is -2.52. The highest BCUT2D eigenvalue weighted by atomic mass is 31.1. The van der Waals surface area contributed by atoms with Crippen molar-refractivity contribution in [1.29, 1.82) is 0 Å². The van der Waals surface area contributed by atoms with Crippen LogP contribution < -0.4 is 5.73 Å². The molecule has 0 saturated carbocycles. The van der Waals surface area contributed by atoms with Crippen molar-refractivity contribution in [2.45, 2.75) is 199 Å². The lowest BCUT2D eigenvalue weighted by atomic mass is 10.0. The number of carboxylic acid groups (broad SMARTS) is 1. The molecule has 0 heterocycles. The van der Waals surface area contributed by atoms with E-state index in [1.54, 1.807) is 0 Å². The van der Waals surface area contributed by atoms with Crippen molar-refractivity contribution < 1.29 is 24.6 Å². The number of hydrogen-bond donors (Lipinski definition) is 3. The molecule has 0 amide bonds. The lowest BCUT2D eigenvalue weighted by Gasteiger charge is -2.30. The standard InChI is InChI=1S/C35H68NO5P/c1-3-5-7-9-11-13-15-17-19-21-23-25-27-29-32(38)42(35(36,31-37)34(40)41)33(39)30-28-26-24-22-20-18-16-14-12-10-8-6-4-2/h37H,3-31,36H2,1-2H3,(H,40,41). The van der Waals surface area contributed by atoms with Gasteiger partial charge in [-0.25, -0.2) is 4.79 Å². The quantitative estimate of drug-likeness (QED) is 0.0501. The minimum Gasteiger partial charge on any atom is -0.480 e. The van der Waals surface area contributed by atoms with Gasteiger partial charge >= 0.3 is 5.97 Å². The summed E-state index contributed by atoms with van der Waals surface area (Å²) in [6, 6.07) is 0. The Morgan fingerprint density at radius 3 is 0.952 bits per heavy atom. The Morgan fingerprint density at radius 1 is 0.500 bits per heavy atom. The van der Waals surface area contributed by atoms with E-state index >= 15 is 0 Å². The highest BCUT2D eigenvalue weighted by molar-refractivity contribution is 7.91. The lowest BCUT2D eigenvalue weighted by molar-refractivity contribution is -0.141. The Hall–Kier alpha value is -0.840. The van der Waals surface area contributed by atoms with Crippen LogP contribution in [0.4, 0.5) is 0 Å². The molecule has 0 aromatic carbocycles. The van der Waals surface area contributed by atoms with Crippen LogP contribution in [-0.4, -0.2) is 39.1 Å². The second-order valence-corrected chi connectivity index (χ2v) is 15.0. The predicted molar refractivity (Wildman–Crippen MR) is 179 cm³/mol. The number of aliphatic hydroxyl groups is 1. The monoisotopic (exact) mass is 613 g/mol. The van der Waals surface area contributed by atoms with Gasteiger partial charge < -0.3 is 15.9 Å². The topological polar surface area (TPSA) is 118 Å². The van der Waals surface area contributed by atoms with Gasteiger partial charge in [0.1, 0.15) is 0 Å². The highest BCUT2D eigenvalue weighted by Crippen LogP contribution is 2.50. The molecule has 7 heteroatoms. The van der Waals surface area contributed by atoms with Crippen molar-refractivity contribution in [2.75, 3.05) is 6.61 Å². The number of rotatable bonds is 33. The van der Waals surface area contributed by atoms with Crippen molar-refractivity contribution in [2.24, 2.45) is 5.73 Å². The smallest absolute Gasteiger partial charge is 0.331 e. The van der Waals surface area contributed by atoms with Crippen LogP contribution in [0.3, 0.4) is 0 Å². The van der Waals surface area contributed by atoms with Gasteiger partial charge in [0.25, 0.3) is 0 Å². The van der Waals surface area contributed by atoms with E-state index in [2.05, 4.69) is 13.8 Å². The van der Waals surface area contributed by atoms with Gasteiger partial charge in [0.05, 0.1) is 14.5 Å². The van der Waals surface area contributed by atoms with Gasteiger partial charge in [-0.05, 0) is 12.8 Å². The van der Waals surface area contributed by atoms with Gasteiger partial charge in [0.15, 0.2) is 16.3 Å². The van der Waals surface area contributed by atoms with Crippen LogP contribution in [0.25, 0.3) is 0 Å². The zero-order valence-electron chi connectivity index (χ0n) is 27.6. The van der Waals surface area contributed by atoms with E-state index in [4.69, 9.17) is 5.73 Å². The molecule has 1 unspecified atom stereocenters. The molecule has 1 atom stereocenters. The molecule has 0 bridgehead atoms. The molecule has 0 spiro atoms. The van der Waals surface area contributed by atoms with E-state index in [0.717, 1.165) is 38.5 Å². The van der Waals surface area contributed by atoms with E-state index < -0.39 is 25.8 Å².